The lowest BCUT2D eigenvalue weighted by Gasteiger charge is -2.15. The molecule has 0 aliphatic rings. The van der Waals surface area contributed by atoms with E-state index in [0.717, 1.165) is 31.8 Å². The summed E-state index contributed by atoms with van der Waals surface area (Å²) in [5, 5.41) is 7.03. The Balaban J connectivity index is 2.13. The Morgan fingerprint density at radius 1 is 1.59 bits per heavy atom. The van der Waals surface area contributed by atoms with Crippen molar-refractivity contribution >= 4 is 17.3 Å². The molecular formula is C12H20N2O2S. The second-order valence-electron chi connectivity index (χ2n) is 3.93. The zero-order valence-corrected chi connectivity index (χ0v) is 11.2. The number of thiocarbonyl (C=S) groups is 1. The van der Waals surface area contributed by atoms with Gasteiger partial charge in [0.2, 0.25) is 0 Å². The van der Waals surface area contributed by atoms with Crippen molar-refractivity contribution in [1.82, 2.24) is 10.6 Å². The highest BCUT2D eigenvalue weighted by atomic mass is 32.1. The van der Waals surface area contributed by atoms with Crippen molar-refractivity contribution in [2.45, 2.75) is 25.8 Å². The van der Waals surface area contributed by atoms with Crippen LogP contribution in [-0.4, -0.2) is 31.4 Å². The highest BCUT2D eigenvalue weighted by Crippen LogP contribution is 2.03. The first-order valence-corrected chi connectivity index (χ1v) is 6.19. The van der Waals surface area contributed by atoms with Crippen LogP contribution in [0, 0.1) is 0 Å². The summed E-state index contributed by atoms with van der Waals surface area (Å²) in [7, 11) is 1.70. The average molecular weight is 256 g/mol. The van der Waals surface area contributed by atoms with E-state index in [1.54, 1.807) is 13.4 Å². The summed E-state index contributed by atoms with van der Waals surface area (Å²) in [6.07, 6.45) is 3.46. The van der Waals surface area contributed by atoms with Gasteiger partial charge in [0.1, 0.15) is 5.76 Å². The molecule has 1 aromatic heterocycles. The van der Waals surface area contributed by atoms with Gasteiger partial charge in [0.05, 0.1) is 6.26 Å². The van der Waals surface area contributed by atoms with Crippen LogP contribution in [0.15, 0.2) is 22.8 Å². The summed E-state index contributed by atoms with van der Waals surface area (Å²) in [4.78, 5) is 0. The van der Waals surface area contributed by atoms with E-state index in [1.165, 1.54) is 0 Å². The largest absolute Gasteiger partial charge is 0.469 e. The molecule has 2 N–H and O–H groups in total. The van der Waals surface area contributed by atoms with Crippen molar-refractivity contribution in [3.63, 3.8) is 0 Å². The quantitative estimate of drug-likeness (QED) is 0.574. The van der Waals surface area contributed by atoms with Crippen LogP contribution in [0.25, 0.3) is 0 Å². The molecule has 0 radical (unpaired) electrons. The van der Waals surface area contributed by atoms with Gasteiger partial charge in [0.25, 0.3) is 0 Å². The van der Waals surface area contributed by atoms with Crippen molar-refractivity contribution in [2.24, 2.45) is 0 Å². The van der Waals surface area contributed by atoms with Crippen LogP contribution in [0.3, 0.4) is 0 Å². The van der Waals surface area contributed by atoms with E-state index < -0.39 is 0 Å². The minimum atomic E-state index is 0.253. The molecule has 0 amide bonds. The molecule has 96 valence electrons. The van der Waals surface area contributed by atoms with Gasteiger partial charge in [-0.25, -0.2) is 0 Å². The van der Waals surface area contributed by atoms with E-state index >= 15 is 0 Å². The second-order valence-corrected chi connectivity index (χ2v) is 4.34. The van der Waals surface area contributed by atoms with Gasteiger partial charge < -0.3 is 19.8 Å². The summed E-state index contributed by atoms with van der Waals surface area (Å²) in [5.74, 6) is 0.965. The first kappa shape index (κ1) is 14.0. The molecule has 4 nitrogen and oxygen atoms in total. The molecule has 1 unspecified atom stereocenters. The number of hydrogen-bond acceptors (Lipinski definition) is 3. The number of hydrogen-bond donors (Lipinski definition) is 2. The van der Waals surface area contributed by atoms with E-state index in [0.29, 0.717) is 5.11 Å². The molecule has 1 aromatic rings. The standard InChI is InChI=1S/C12H20N2O2S/c1-10(9-11-5-3-8-16-11)14-12(17)13-6-4-7-15-2/h3,5,8,10H,4,6-7,9H2,1-2H3,(H2,13,14,17). The van der Waals surface area contributed by atoms with E-state index in [4.69, 9.17) is 21.4 Å². The zero-order chi connectivity index (χ0) is 12.5. The molecule has 0 spiro atoms. The minimum absolute atomic E-state index is 0.253. The van der Waals surface area contributed by atoms with Gasteiger partial charge in [-0.1, -0.05) is 0 Å². The molecule has 0 aliphatic heterocycles. The molecule has 17 heavy (non-hydrogen) atoms. The fourth-order valence-electron chi connectivity index (χ4n) is 1.47. The molecule has 0 saturated heterocycles. The van der Waals surface area contributed by atoms with Crippen LogP contribution in [0.4, 0.5) is 0 Å². The van der Waals surface area contributed by atoms with Gasteiger partial charge >= 0.3 is 0 Å². The predicted molar refractivity (Wildman–Crippen MR) is 72.1 cm³/mol. The Kier molecular flexibility index (Phi) is 6.65. The molecule has 0 bridgehead atoms. The molecular weight excluding hydrogens is 236 g/mol. The van der Waals surface area contributed by atoms with Crippen LogP contribution >= 0.6 is 12.2 Å². The van der Waals surface area contributed by atoms with Crippen LogP contribution in [0.1, 0.15) is 19.1 Å². The smallest absolute Gasteiger partial charge is 0.166 e. The van der Waals surface area contributed by atoms with Crippen molar-refractivity contribution < 1.29 is 9.15 Å². The second kappa shape index (κ2) is 8.08. The lowest BCUT2D eigenvalue weighted by Crippen LogP contribution is -2.41. The zero-order valence-electron chi connectivity index (χ0n) is 10.4. The summed E-state index contributed by atoms with van der Waals surface area (Å²) in [6, 6.07) is 4.11. The molecule has 0 aliphatic carbocycles. The van der Waals surface area contributed by atoms with Crippen LogP contribution < -0.4 is 10.6 Å². The number of nitrogens with one attached hydrogen (secondary N) is 2. The fraction of sp³-hybridized carbons (Fsp3) is 0.583. The van der Waals surface area contributed by atoms with Crippen LogP contribution in [-0.2, 0) is 11.2 Å². The SMILES string of the molecule is COCCCNC(=S)NC(C)Cc1ccco1. The lowest BCUT2D eigenvalue weighted by molar-refractivity contribution is 0.195. The number of furan rings is 1. The molecule has 1 atom stereocenters. The van der Waals surface area contributed by atoms with Crippen molar-refractivity contribution in [2.75, 3.05) is 20.3 Å². The Morgan fingerprint density at radius 3 is 3.06 bits per heavy atom. The maximum atomic E-state index is 5.28. The van der Waals surface area contributed by atoms with Crippen LogP contribution in [0.5, 0.6) is 0 Å². The lowest BCUT2D eigenvalue weighted by atomic mass is 10.2. The Morgan fingerprint density at radius 2 is 2.41 bits per heavy atom. The monoisotopic (exact) mass is 256 g/mol. The maximum Gasteiger partial charge on any atom is 0.166 e. The normalized spacial score (nSPS) is 12.1. The van der Waals surface area contributed by atoms with Gasteiger partial charge in [-0.3, -0.25) is 0 Å². The third-order valence-electron chi connectivity index (χ3n) is 2.28. The number of methoxy groups -OCH3 is 1. The summed E-state index contributed by atoms with van der Waals surface area (Å²) < 4.78 is 10.2. The molecule has 5 heteroatoms. The maximum absolute atomic E-state index is 5.28. The van der Waals surface area contributed by atoms with Gasteiger partial charge in [0.15, 0.2) is 5.11 Å². The summed E-state index contributed by atoms with van der Waals surface area (Å²) in [5.41, 5.74) is 0. The van der Waals surface area contributed by atoms with Crippen molar-refractivity contribution in [3.05, 3.63) is 24.2 Å². The molecule has 0 saturated carbocycles. The highest BCUT2D eigenvalue weighted by Gasteiger charge is 2.06. The Bertz CT molecular complexity index is 314. The topological polar surface area (TPSA) is 46.4 Å². The summed E-state index contributed by atoms with van der Waals surface area (Å²) in [6.45, 7) is 3.65. The van der Waals surface area contributed by atoms with E-state index in [1.807, 2.05) is 12.1 Å². The first-order chi connectivity index (χ1) is 8.22. The Labute approximate surface area is 108 Å². The van der Waals surface area contributed by atoms with E-state index in [2.05, 4.69) is 17.6 Å². The van der Waals surface area contributed by atoms with Gasteiger partial charge in [-0.15, -0.1) is 0 Å². The molecule has 0 fully saturated rings. The average Bonchev–Trinajstić information content (AvgIpc) is 2.77. The highest BCUT2D eigenvalue weighted by molar-refractivity contribution is 7.80. The number of rotatable bonds is 7. The third-order valence-corrected chi connectivity index (χ3v) is 2.54. The summed E-state index contributed by atoms with van der Waals surface area (Å²) >= 11 is 5.18. The fourth-order valence-corrected chi connectivity index (χ4v) is 1.78. The minimum Gasteiger partial charge on any atom is -0.469 e. The Hall–Kier alpha value is -1.07. The van der Waals surface area contributed by atoms with Gasteiger partial charge in [0, 0.05) is 32.7 Å². The predicted octanol–water partition coefficient (Wildman–Crippen LogP) is 1.71. The third kappa shape index (κ3) is 6.28. The van der Waals surface area contributed by atoms with Gasteiger partial charge in [-0.2, -0.15) is 0 Å². The van der Waals surface area contributed by atoms with E-state index in [9.17, 15) is 0 Å². The molecule has 0 aromatic carbocycles. The van der Waals surface area contributed by atoms with Crippen LogP contribution in [0.2, 0.25) is 0 Å². The first-order valence-electron chi connectivity index (χ1n) is 5.78. The number of ether oxygens (including phenoxy) is 1. The molecule has 1 heterocycles. The van der Waals surface area contributed by atoms with Gasteiger partial charge in [-0.05, 0) is 37.7 Å². The van der Waals surface area contributed by atoms with Crippen molar-refractivity contribution in [3.8, 4) is 0 Å². The van der Waals surface area contributed by atoms with E-state index in [-0.39, 0.29) is 6.04 Å². The molecule has 1 rings (SSSR count). The van der Waals surface area contributed by atoms with Crippen molar-refractivity contribution in [1.29, 1.82) is 0 Å².